The maximum absolute atomic E-state index is 5.66. The Morgan fingerprint density at radius 1 is 1.11 bits per heavy atom. The molecule has 0 spiro atoms. The summed E-state index contributed by atoms with van der Waals surface area (Å²) in [6, 6.07) is 8.67. The summed E-state index contributed by atoms with van der Waals surface area (Å²) in [5, 5.41) is 3.36. The minimum absolute atomic E-state index is 0.202. The second-order valence-corrected chi connectivity index (χ2v) is 5.18. The van der Waals surface area contributed by atoms with E-state index < -0.39 is 0 Å². The van der Waals surface area contributed by atoms with Gasteiger partial charge in [-0.25, -0.2) is 0 Å². The van der Waals surface area contributed by atoms with Gasteiger partial charge in [0.05, 0.1) is 0 Å². The van der Waals surface area contributed by atoms with Gasteiger partial charge < -0.3 is 14.8 Å². The van der Waals surface area contributed by atoms with Crippen molar-refractivity contribution in [3.05, 3.63) is 29.8 Å². The molecule has 1 aromatic carbocycles. The van der Waals surface area contributed by atoms with Gasteiger partial charge in [-0.2, -0.15) is 0 Å². The van der Waals surface area contributed by atoms with E-state index in [9.17, 15) is 0 Å². The predicted octanol–water partition coefficient (Wildman–Crippen LogP) is 3.75. The molecular formula is C16H27NO2. The summed E-state index contributed by atoms with van der Waals surface area (Å²) in [5.74, 6) is 1.52. The highest BCUT2D eigenvalue weighted by molar-refractivity contribution is 5.29. The molecule has 0 fully saturated rings. The van der Waals surface area contributed by atoms with Gasteiger partial charge in [-0.15, -0.1) is 0 Å². The molecule has 0 aliphatic rings. The summed E-state index contributed by atoms with van der Waals surface area (Å²) in [5.41, 5.74) is 1.30. The van der Waals surface area contributed by atoms with Gasteiger partial charge in [0.2, 0.25) is 0 Å². The molecule has 0 aliphatic heterocycles. The van der Waals surface area contributed by atoms with Gasteiger partial charge in [0.25, 0.3) is 0 Å². The number of rotatable bonds is 8. The van der Waals surface area contributed by atoms with Crippen LogP contribution >= 0.6 is 0 Å². The van der Waals surface area contributed by atoms with Crippen LogP contribution in [0.2, 0.25) is 0 Å². The summed E-state index contributed by atoms with van der Waals surface area (Å²) in [7, 11) is 2.01. The monoisotopic (exact) mass is 265 g/mol. The minimum atomic E-state index is -0.202. The lowest BCUT2D eigenvalue weighted by Crippen LogP contribution is -2.18. The average Bonchev–Trinajstić information content (AvgIpc) is 2.37. The normalized spacial score (nSPS) is 14.4. The van der Waals surface area contributed by atoms with Crippen LogP contribution in [0.1, 0.15) is 45.7 Å². The molecule has 1 N–H and O–H groups in total. The lowest BCUT2D eigenvalue weighted by molar-refractivity contribution is -0.0613. The molecule has 3 nitrogen and oxygen atoms in total. The van der Waals surface area contributed by atoms with Crippen molar-refractivity contribution in [3.8, 4) is 5.75 Å². The van der Waals surface area contributed by atoms with E-state index in [0.717, 1.165) is 12.2 Å². The lowest BCUT2D eigenvalue weighted by Gasteiger charge is -2.20. The third-order valence-electron chi connectivity index (χ3n) is 3.04. The van der Waals surface area contributed by atoms with Crippen molar-refractivity contribution in [1.29, 1.82) is 0 Å². The molecule has 3 heteroatoms. The van der Waals surface area contributed by atoms with Crippen LogP contribution in [0, 0.1) is 5.92 Å². The van der Waals surface area contributed by atoms with E-state index in [4.69, 9.17) is 9.47 Å². The third kappa shape index (κ3) is 5.62. The molecule has 2 unspecified atom stereocenters. The van der Waals surface area contributed by atoms with Gasteiger partial charge in [0, 0.05) is 12.6 Å². The first-order valence-electron chi connectivity index (χ1n) is 7.12. The largest absolute Gasteiger partial charge is 0.465 e. The fraction of sp³-hybridized carbons (Fsp3) is 0.625. The summed E-state index contributed by atoms with van der Waals surface area (Å²) in [6.45, 7) is 9.02. The third-order valence-corrected chi connectivity index (χ3v) is 3.04. The molecule has 0 saturated carbocycles. The van der Waals surface area contributed by atoms with Crippen LogP contribution in [-0.4, -0.2) is 19.9 Å². The van der Waals surface area contributed by atoms with Crippen LogP contribution in [0.4, 0.5) is 0 Å². The number of hydrogen-bond donors (Lipinski definition) is 1. The maximum Gasteiger partial charge on any atom is 0.196 e. The number of benzene rings is 1. The van der Waals surface area contributed by atoms with E-state index in [1.165, 1.54) is 5.56 Å². The fourth-order valence-corrected chi connectivity index (χ4v) is 2.13. The highest BCUT2D eigenvalue weighted by Crippen LogP contribution is 2.23. The van der Waals surface area contributed by atoms with E-state index in [-0.39, 0.29) is 6.29 Å². The standard InChI is InChI=1S/C16H27NO2/c1-6-18-13(4)19-15-9-7-14(8-10-15)16(17-5)11-12(2)3/h7-10,12-13,16-17H,6,11H2,1-5H3. The van der Waals surface area contributed by atoms with Crippen molar-refractivity contribution in [2.75, 3.05) is 13.7 Å². The van der Waals surface area contributed by atoms with E-state index in [2.05, 4.69) is 31.3 Å². The van der Waals surface area contributed by atoms with Crippen LogP contribution < -0.4 is 10.1 Å². The molecule has 1 aromatic rings. The molecule has 0 radical (unpaired) electrons. The fourth-order valence-electron chi connectivity index (χ4n) is 2.13. The SMILES string of the molecule is CCOC(C)Oc1ccc(C(CC(C)C)NC)cc1. The molecule has 0 aliphatic carbocycles. The molecule has 0 bridgehead atoms. The van der Waals surface area contributed by atoms with Gasteiger partial charge in [0.1, 0.15) is 5.75 Å². The average molecular weight is 265 g/mol. The van der Waals surface area contributed by atoms with Crippen molar-refractivity contribution >= 4 is 0 Å². The topological polar surface area (TPSA) is 30.5 Å². The van der Waals surface area contributed by atoms with E-state index in [0.29, 0.717) is 18.6 Å². The van der Waals surface area contributed by atoms with Crippen molar-refractivity contribution in [2.24, 2.45) is 5.92 Å². The molecule has 19 heavy (non-hydrogen) atoms. The van der Waals surface area contributed by atoms with Crippen molar-refractivity contribution in [2.45, 2.75) is 46.4 Å². The molecule has 1 rings (SSSR count). The summed E-state index contributed by atoms with van der Waals surface area (Å²) < 4.78 is 11.0. The van der Waals surface area contributed by atoms with Crippen LogP contribution in [0.15, 0.2) is 24.3 Å². The van der Waals surface area contributed by atoms with Crippen LogP contribution in [0.3, 0.4) is 0 Å². The van der Waals surface area contributed by atoms with E-state index >= 15 is 0 Å². The highest BCUT2D eigenvalue weighted by Gasteiger charge is 2.11. The maximum atomic E-state index is 5.66. The van der Waals surface area contributed by atoms with Gasteiger partial charge in [-0.05, 0) is 50.9 Å². The van der Waals surface area contributed by atoms with Gasteiger partial charge >= 0.3 is 0 Å². The van der Waals surface area contributed by atoms with Gasteiger partial charge in [-0.3, -0.25) is 0 Å². The molecule has 2 atom stereocenters. The zero-order valence-corrected chi connectivity index (χ0v) is 12.8. The first-order chi connectivity index (χ1) is 9.06. The number of hydrogen-bond acceptors (Lipinski definition) is 3. The van der Waals surface area contributed by atoms with E-state index in [1.54, 1.807) is 0 Å². The molecule has 108 valence electrons. The highest BCUT2D eigenvalue weighted by atomic mass is 16.7. The Balaban J connectivity index is 2.64. The summed E-state index contributed by atoms with van der Waals surface area (Å²) >= 11 is 0. The summed E-state index contributed by atoms with van der Waals surface area (Å²) in [6.07, 6.45) is 0.929. The van der Waals surface area contributed by atoms with Crippen molar-refractivity contribution in [3.63, 3.8) is 0 Å². The van der Waals surface area contributed by atoms with Crippen molar-refractivity contribution < 1.29 is 9.47 Å². The Bertz CT molecular complexity index is 348. The quantitative estimate of drug-likeness (QED) is 0.726. The Hall–Kier alpha value is -1.06. The van der Waals surface area contributed by atoms with Crippen molar-refractivity contribution in [1.82, 2.24) is 5.32 Å². The second kappa shape index (κ2) is 8.18. The second-order valence-electron chi connectivity index (χ2n) is 5.18. The first kappa shape index (κ1) is 16.0. The number of nitrogens with one attached hydrogen (secondary N) is 1. The number of ether oxygens (including phenoxy) is 2. The minimum Gasteiger partial charge on any atom is -0.465 e. The molecule has 0 saturated heterocycles. The Morgan fingerprint density at radius 3 is 2.21 bits per heavy atom. The van der Waals surface area contributed by atoms with Gasteiger partial charge in [0.15, 0.2) is 6.29 Å². The van der Waals surface area contributed by atoms with Crippen LogP contribution in [0.25, 0.3) is 0 Å². The zero-order valence-electron chi connectivity index (χ0n) is 12.8. The lowest BCUT2D eigenvalue weighted by atomic mass is 9.97. The smallest absolute Gasteiger partial charge is 0.196 e. The molecular weight excluding hydrogens is 238 g/mol. The Kier molecular flexibility index (Phi) is 6.89. The zero-order chi connectivity index (χ0) is 14.3. The van der Waals surface area contributed by atoms with Gasteiger partial charge in [-0.1, -0.05) is 26.0 Å². The van der Waals surface area contributed by atoms with E-state index in [1.807, 2.05) is 33.0 Å². The molecule has 0 aromatic heterocycles. The molecule has 0 heterocycles. The first-order valence-corrected chi connectivity index (χ1v) is 7.12. The molecule has 0 amide bonds. The Morgan fingerprint density at radius 2 is 1.74 bits per heavy atom. The summed E-state index contributed by atoms with van der Waals surface area (Å²) in [4.78, 5) is 0. The van der Waals surface area contributed by atoms with Crippen LogP contribution in [-0.2, 0) is 4.74 Å². The van der Waals surface area contributed by atoms with Crippen LogP contribution in [0.5, 0.6) is 5.75 Å². The Labute approximate surface area is 117 Å². The predicted molar refractivity (Wildman–Crippen MR) is 79.4 cm³/mol.